The number of rotatable bonds is 10. The number of nitrogens with zero attached hydrogens (tertiary/aromatic N) is 1. The van der Waals surface area contributed by atoms with E-state index in [0.29, 0.717) is 13.1 Å². The SMILES string of the molecule is O=C(CNS(=O)(=O)c1ccc2ccccc2c1)NCC(NC(=O)OCc1ccccc1)C(=O)N1CCCCC1. The molecule has 1 unspecified atom stereocenters. The van der Waals surface area contributed by atoms with Crippen molar-refractivity contribution in [3.8, 4) is 0 Å². The van der Waals surface area contributed by atoms with Gasteiger partial charge in [-0.15, -0.1) is 0 Å². The van der Waals surface area contributed by atoms with Crippen molar-refractivity contribution in [2.24, 2.45) is 0 Å². The van der Waals surface area contributed by atoms with Gasteiger partial charge in [-0.2, -0.15) is 0 Å². The van der Waals surface area contributed by atoms with Crippen LogP contribution in [-0.2, 0) is 31.0 Å². The Labute approximate surface area is 227 Å². The van der Waals surface area contributed by atoms with Gasteiger partial charge in [-0.25, -0.2) is 17.9 Å². The van der Waals surface area contributed by atoms with Crippen LogP contribution in [-0.4, -0.2) is 63.4 Å². The maximum absolute atomic E-state index is 13.1. The summed E-state index contributed by atoms with van der Waals surface area (Å²) in [6.07, 6.45) is 1.95. The Morgan fingerprint density at radius 2 is 1.56 bits per heavy atom. The molecule has 4 rings (SSSR count). The van der Waals surface area contributed by atoms with Crippen LogP contribution >= 0.6 is 0 Å². The standard InChI is InChI=1S/C28H32N4O6S/c33-26(19-30-39(36,37)24-14-13-22-11-5-6-12-23(22)17-24)29-18-25(27(34)32-15-7-2-8-16-32)31-28(35)38-20-21-9-3-1-4-10-21/h1,3-6,9-14,17,25,30H,2,7-8,15-16,18-20H2,(H,29,33)(H,31,35). The zero-order valence-corrected chi connectivity index (χ0v) is 22.3. The zero-order chi connectivity index (χ0) is 27.7. The number of ether oxygens (including phenoxy) is 1. The normalized spacial score (nSPS) is 14.4. The molecule has 1 aliphatic rings. The predicted octanol–water partition coefficient (Wildman–Crippen LogP) is 2.54. The van der Waals surface area contributed by atoms with Crippen molar-refractivity contribution in [1.29, 1.82) is 0 Å². The highest BCUT2D eigenvalue weighted by Gasteiger charge is 2.28. The molecule has 3 aromatic rings. The van der Waals surface area contributed by atoms with Crippen LogP contribution in [0.25, 0.3) is 10.8 Å². The second kappa shape index (κ2) is 13.2. The number of alkyl carbamates (subject to hydrolysis) is 1. The van der Waals surface area contributed by atoms with Gasteiger partial charge in [0.2, 0.25) is 21.8 Å². The van der Waals surface area contributed by atoms with E-state index in [-0.39, 0.29) is 24.0 Å². The third kappa shape index (κ3) is 8.01. The van der Waals surface area contributed by atoms with E-state index in [4.69, 9.17) is 4.74 Å². The van der Waals surface area contributed by atoms with Gasteiger partial charge in [0.1, 0.15) is 12.6 Å². The fourth-order valence-electron chi connectivity index (χ4n) is 4.30. The van der Waals surface area contributed by atoms with Gasteiger partial charge in [0.05, 0.1) is 11.4 Å². The molecule has 0 aliphatic carbocycles. The number of fused-ring (bicyclic) bond motifs is 1. The van der Waals surface area contributed by atoms with Crippen molar-refractivity contribution in [3.63, 3.8) is 0 Å². The minimum atomic E-state index is -3.95. The fourth-order valence-corrected chi connectivity index (χ4v) is 5.32. The van der Waals surface area contributed by atoms with E-state index in [9.17, 15) is 22.8 Å². The molecular weight excluding hydrogens is 520 g/mol. The molecule has 1 fully saturated rings. The summed E-state index contributed by atoms with van der Waals surface area (Å²) >= 11 is 0. The number of carbonyl (C=O) groups is 3. The first kappa shape index (κ1) is 28.1. The molecule has 1 atom stereocenters. The quantitative estimate of drug-likeness (QED) is 0.354. The number of amides is 3. The van der Waals surface area contributed by atoms with Crippen LogP contribution in [0.15, 0.2) is 77.7 Å². The molecule has 3 N–H and O–H groups in total. The van der Waals surface area contributed by atoms with Crippen LogP contribution in [0.2, 0.25) is 0 Å². The van der Waals surface area contributed by atoms with Crippen LogP contribution < -0.4 is 15.4 Å². The Balaban J connectivity index is 1.33. The van der Waals surface area contributed by atoms with Gasteiger partial charge in [-0.3, -0.25) is 9.59 Å². The Morgan fingerprint density at radius 3 is 2.31 bits per heavy atom. The van der Waals surface area contributed by atoms with E-state index in [0.717, 1.165) is 35.6 Å². The lowest BCUT2D eigenvalue weighted by molar-refractivity contribution is -0.134. The summed E-state index contributed by atoms with van der Waals surface area (Å²) in [6, 6.07) is 20.1. The van der Waals surface area contributed by atoms with Crippen LogP contribution in [0.3, 0.4) is 0 Å². The summed E-state index contributed by atoms with van der Waals surface area (Å²) in [5.74, 6) is -0.973. The lowest BCUT2D eigenvalue weighted by Crippen LogP contribution is -2.55. The molecule has 0 bridgehead atoms. The minimum absolute atomic E-state index is 0.0280. The van der Waals surface area contributed by atoms with Crippen molar-refractivity contribution < 1.29 is 27.5 Å². The number of hydrogen-bond acceptors (Lipinski definition) is 6. The first-order chi connectivity index (χ1) is 18.8. The van der Waals surface area contributed by atoms with Crippen LogP contribution in [0.1, 0.15) is 24.8 Å². The highest BCUT2D eigenvalue weighted by Crippen LogP contribution is 2.18. The molecule has 39 heavy (non-hydrogen) atoms. The average molecular weight is 553 g/mol. The fraction of sp³-hybridized carbons (Fsp3) is 0.321. The highest BCUT2D eigenvalue weighted by atomic mass is 32.2. The Kier molecular flexibility index (Phi) is 9.50. The zero-order valence-electron chi connectivity index (χ0n) is 21.5. The number of piperidine rings is 1. The molecule has 11 heteroatoms. The van der Waals surface area contributed by atoms with E-state index >= 15 is 0 Å². The number of nitrogens with one attached hydrogen (secondary N) is 3. The van der Waals surface area contributed by atoms with Crippen molar-refractivity contribution in [1.82, 2.24) is 20.3 Å². The van der Waals surface area contributed by atoms with E-state index in [1.54, 1.807) is 17.0 Å². The van der Waals surface area contributed by atoms with Crippen LogP contribution in [0, 0.1) is 0 Å². The molecule has 1 aliphatic heterocycles. The molecule has 3 amide bonds. The van der Waals surface area contributed by atoms with Gasteiger partial charge in [0.15, 0.2) is 0 Å². The van der Waals surface area contributed by atoms with Crippen molar-refractivity contribution >= 4 is 38.7 Å². The molecule has 0 saturated carbocycles. The third-order valence-corrected chi connectivity index (χ3v) is 7.83. The van der Waals surface area contributed by atoms with Gasteiger partial charge >= 0.3 is 6.09 Å². The molecule has 3 aromatic carbocycles. The predicted molar refractivity (Wildman–Crippen MR) is 146 cm³/mol. The monoisotopic (exact) mass is 552 g/mol. The van der Waals surface area contributed by atoms with E-state index in [1.165, 1.54) is 12.1 Å². The summed E-state index contributed by atoms with van der Waals surface area (Å²) < 4.78 is 33.0. The largest absolute Gasteiger partial charge is 0.445 e. The minimum Gasteiger partial charge on any atom is -0.445 e. The molecule has 0 spiro atoms. The van der Waals surface area contributed by atoms with E-state index in [2.05, 4.69) is 15.4 Å². The lowest BCUT2D eigenvalue weighted by atomic mass is 10.1. The van der Waals surface area contributed by atoms with Crippen molar-refractivity contribution in [2.45, 2.75) is 36.8 Å². The molecule has 0 radical (unpaired) electrons. The first-order valence-corrected chi connectivity index (χ1v) is 14.3. The summed E-state index contributed by atoms with van der Waals surface area (Å²) in [7, 11) is -3.95. The maximum Gasteiger partial charge on any atom is 0.408 e. The number of hydrogen-bond donors (Lipinski definition) is 3. The summed E-state index contributed by atoms with van der Waals surface area (Å²) in [4.78, 5) is 39.8. The molecule has 10 nitrogen and oxygen atoms in total. The highest BCUT2D eigenvalue weighted by molar-refractivity contribution is 7.89. The molecule has 0 aromatic heterocycles. The second-order valence-electron chi connectivity index (χ2n) is 9.28. The summed E-state index contributed by atoms with van der Waals surface area (Å²) in [5, 5.41) is 6.76. The van der Waals surface area contributed by atoms with Gasteiger partial charge in [0, 0.05) is 19.6 Å². The van der Waals surface area contributed by atoms with Gasteiger partial charge in [-0.1, -0.05) is 60.7 Å². The number of carbonyl (C=O) groups excluding carboxylic acids is 3. The second-order valence-corrected chi connectivity index (χ2v) is 11.0. The number of likely N-dealkylation sites (tertiary alicyclic amines) is 1. The third-order valence-electron chi connectivity index (χ3n) is 6.43. The number of benzene rings is 3. The van der Waals surface area contributed by atoms with E-state index in [1.807, 2.05) is 48.5 Å². The van der Waals surface area contributed by atoms with E-state index < -0.39 is 34.6 Å². The molecule has 1 heterocycles. The molecule has 1 saturated heterocycles. The molecular formula is C28H32N4O6S. The Hall–Kier alpha value is -3.96. The van der Waals surface area contributed by atoms with Crippen molar-refractivity contribution in [3.05, 3.63) is 78.4 Å². The maximum atomic E-state index is 13.1. The first-order valence-electron chi connectivity index (χ1n) is 12.8. The van der Waals surface area contributed by atoms with Crippen molar-refractivity contribution in [2.75, 3.05) is 26.2 Å². The Bertz CT molecular complexity index is 1410. The summed E-state index contributed by atoms with van der Waals surface area (Å²) in [5.41, 5.74) is 0.790. The Morgan fingerprint density at radius 1 is 0.872 bits per heavy atom. The average Bonchev–Trinajstić information content (AvgIpc) is 2.97. The van der Waals surface area contributed by atoms with Gasteiger partial charge in [-0.05, 0) is 47.7 Å². The topological polar surface area (TPSA) is 134 Å². The van der Waals surface area contributed by atoms with Crippen LogP contribution in [0.5, 0.6) is 0 Å². The van der Waals surface area contributed by atoms with Crippen LogP contribution in [0.4, 0.5) is 4.79 Å². The lowest BCUT2D eigenvalue weighted by Gasteiger charge is -2.30. The number of sulfonamides is 1. The van der Waals surface area contributed by atoms with Gasteiger partial charge in [0.25, 0.3) is 0 Å². The smallest absolute Gasteiger partial charge is 0.408 e. The summed E-state index contributed by atoms with van der Waals surface area (Å²) in [6.45, 7) is 0.413. The molecule has 206 valence electrons. The van der Waals surface area contributed by atoms with Gasteiger partial charge < -0.3 is 20.3 Å².